The van der Waals surface area contributed by atoms with Crippen molar-refractivity contribution in [3.05, 3.63) is 35.4 Å². The first-order valence-electron chi connectivity index (χ1n) is 7.18. The summed E-state index contributed by atoms with van der Waals surface area (Å²) in [4.78, 5) is 2.32. The van der Waals surface area contributed by atoms with Crippen molar-refractivity contribution in [3.8, 4) is 0 Å². The summed E-state index contributed by atoms with van der Waals surface area (Å²) in [6.45, 7) is 3.95. The van der Waals surface area contributed by atoms with Crippen molar-refractivity contribution < 1.29 is 0 Å². The number of fused-ring (bicyclic) bond motifs is 1. The highest BCUT2D eigenvalue weighted by Crippen LogP contribution is 2.31. The molecule has 0 saturated heterocycles. The summed E-state index contributed by atoms with van der Waals surface area (Å²) in [5.41, 5.74) is 8.59. The van der Waals surface area contributed by atoms with Crippen LogP contribution in [0.2, 0.25) is 0 Å². The van der Waals surface area contributed by atoms with E-state index in [2.05, 4.69) is 36.2 Å². The number of rotatable bonds is 5. The second-order valence-electron chi connectivity index (χ2n) is 5.87. The fraction of sp³-hybridized carbons (Fsp3) is 0.562. The predicted molar refractivity (Wildman–Crippen MR) is 80.7 cm³/mol. The highest BCUT2D eigenvalue weighted by Gasteiger charge is 2.21. The van der Waals surface area contributed by atoms with E-state index in [0.717, 1.165) is 13.1 Å². The van der Waals surface area contributed by atoms with Gasteiger partial charge in [0.1, 0.15) is 0 Å². The van der Waals surface area contributed by atoms with Gasteiger partial charge >= 0.3 is 0 Å². The Labute approximate surface area is 116 Å². The van der Waals surface area contributed by atoms with Crippen LogP contribution in [-0.4, -0.2) is 30.9 Å². The van der Waals surface area contributed by atoms with Gasteiger partial charge in [0.05, 0.1) is 5.84 Å². The number of benzene rings is 1. The maximum atomic E-state index is 7.48. The lowest BCUT2D eigenvalue weighted by molar-refractivity contribution is 0.282. The maximum absolute atomic E-state index is 7.48. The lowest BCUT2D eigenvalue weighted by atomic mass is 9.82. The quantitative estimate of drug-likeness (QED) is 0.631. The molecule has 19 heavy (non-hydrogen) atoms. The van der Waals surface area contributed by atoms with Gasteiger partial charge in [0.25, 0.3) is 0 Å². The van der Waals surface area contributed by atoms with Crippen LogP contribution in [0.25, 0.3) is 0 Å². The number of hydrogen-bond acceptors (Lipinski definition) is 2. The zero-order valence-electron chi connectivity index (χ0n) is 12.0. The predicted octanol–water partition coefficient (Wildman–Crippen LogP) is 2.61. The molecule has 0 bridgehead atoms. The molecule has 0 aromatic heterocycles. The van der Waals surface area contributed by atoms with E-state index in [1.807, 2.05) is 6.92 Å². The average Bonchev–Trinajstić information content (AvgIpc) is 2.39. The third-order valence-electron chi connectivity index (χ3n) is 4.14. The Balaban J connectivity index is 1.98. The van der Waals surface area contributed by atoms with E-state index < -0.39 is 0 Å². The Kier molecular flexibility index (Phi) is 4.59. The largest absolute Gasteiger partial charge is 0.387 e. The Morgan fingerprint density at radius 2 is 2.21 bits per heavy atom. The van der Waals surface area contributed by atoms with Gasteiger partial charge in [-0.3, -0.25) is 5.41 Å². The molecule has 3 N–H and O–H groups in total. The molecular weight excluding hydrogens is 234 g/mol. The van der Waals surface area contributed by atoms with Crippen molar-refractivity contribution in [2.75, 3.05) is 20.1 Å². The van der Waals surface area contributed by atoms with E-state index in [1.165, 1.54) is 30.4 Å². The lowest BCUT2D eigenvalue weighted by Crippen LogP contribution is -2.35. The molecule has 2 unspecified atom stereocenters. The van der Waals surface area contributed by atoms with E-state index >= 15 is 0 Å². The molecule has 1 aliphatic carbocycles. The monoisotopic (exact) mass is 259 g/mol. The number of nitrogens with two attached hydrogens (primary N) is 1. The van der Waals surface area contributed by atoms with E-state index in [4.69, 9.17) is 11.1 Å². The van der Waals surface area contributed by atoms with E-state index in [0.29, 0.717) is 5.92 Å². The van der Waals surface area contributed by atoms with Crippen LogP contribution >= 0.6 is 0 Å². The van der Waals surface area contributed by atoms with Gasteiger partial charge in [0.2, 0.25) is 0 Å². The van der Waals surface area contributed by atoms with Gasteiger partial charge < -0.3 is 10.6 Å². The fourth-order valence-electron chi connectivity index (χ4n) is 3.06. The summed E-state index contributed by atoms with van der Waals surface area (Å²) in [5.74, 6) is 1.06. The third-order valence-corrected chi connectivity index (χ3v) is 4.14. The van der Waals surface area contributed by atoms with Crippen LogP contribution in [-0.2, 0) is 6.42 Å². The van der Waals surface area contributed by atoms with Crippen LogP contribution in [0.3, 0.4) is 0 Å². The Morgan fingerprint density at radius 3 is 2.95 bits per heavy atom. The van der Waals surface area contributed by atoms with Crippen molar-refractivity contribution in [3.63, 3.8) is 0 Å². The highest BCUT2D eigenvalue weighted by atomic mass is 15.1. The van der Waals surface area contributed by atoms with Gasteiger partial charge in [-0.15, -0.1) is 0 Å². The molecule has 0 spiro atoms. The normalized spacial score (nSPS) is 20.1. The number of aryl methyl sites for hydroxylation is 1. The molecule has 1 aromatic carbocycles. The Hall–Kier alpha value is -1.35. The maximum Gasteiger partial charge on any atom is 0.0947 e. The molecule has 2 rings (SSSR count). The van der Waals surface area contributed by atoms with Crippen LogP contribution in [0.5, 0.6) is 0 Å². The molecule has 1 aliphatic rings. The third kappa shape index (κ3) is 3.57. The summed E-state index contributed by atoms with van der Waals surface area (Å²) in [5, 5.41) is 7.48. The minimum atomic E-state index is 0.142. The lowest BCUT2D eigenvalue weighted by Gasteiger charge is -2.30. The van der Waals surface area contributed by atoms with Crippen LogP contribution in [0.4, 0.5) is 0 Å². The van der Waals surface area contributed by atoms with Gasteiger partial charge in [-0.1, -0.05) is 31.2 Å². The SMILES string of the molecule is CC(CN(C)CC1CCCc2ccccc21)C(=N)N. The molecule has 0 aliphatic heterocycles. The smallest absolute Gasteiger partial charge is 0.0947 e. The molecule has 0 saturated carbocycles. The van der Waals surface area contributed by atoms with Crippen molar-refractivity contribution in [2.45, 2.75) is 32.1 Å². The first-order chi connectivity index (χ1) is 9.08. The van der Waals surface area contributed by atoms with Gasteiger partial charge in [0, 0.05) is 19.0 Å². The Bertz CT molecular complexity index is 441. The van der Waals surface area contributed by atoms with Gasteiger partial charge in [-0.25, -0.2) is 0 Å². The molecule has 3 nitrogen and oxygen atoms in total. The van der Waals surface area contributed by atoms with Crippen LogP contribution in [0, 0.1) is 11.3 Å². The summed E-state index contributed by atoms with van der Waals surface area (Å²) in [6, 6.07) is 8.83. The zero-order valence-corrected chi connectivity index (χ0v) is 12.0. The van der Waals surface area contributed by atoms with Gasteiger partial charge in [0.15, 0.2) is 0 Å². The number of hydrogen-bond donors (Lipinski definition) is 2. The average molecular weight is 259 g/mol. The summed E-state index contributed by atoms with van der Waals surface area (Å²) in [7, 11) is 2.14. The number of nitrogens with one attached hydrogen (secondary N) is 1. The molecule has 0 fully saturated rings. The van der Waals surface area contributed by atoms with E-state index in [9.17, 15) is 0 Å². The number of amidine groups is 1. The fourth-order valence-corrected chi connectivity index (χ4v) is 3.06. The minimum Gasteiger partial charge on any atom is -0.387 e. The summed E-state index contributed by atoms with van der Waals surface area (Å²) in [6.07, 6.45) is 3.79. The molecule has 3 heteroatoms. The van der Waals surface area contributed by atoms with E-state index in [-0.39, 0.29) is 11.8 Å². The second-order valence-corrected chi connectivity index (χ2v) is 5.87. The Morgan fingerprint density at radius 1 is 1.47 bits per heavy atom. The number of likely N-dealkylation sites (N-methyl/N-ethyl adjacent to an activating group) is 1. The molecule has 0 radical (unpaired) electrons. The molecule has 0 amide bonds. The van der Waals surface area contributed by atoms with Crippen LogP contribution < -0.4 is 5.73 Å². The van der Waals surface area contributed by atoms with E-state index in [1.54, 1.807) is 0 Å². The van der Waals surface area contributed by atoms with Crippen molar-refractivity contribution >= 4 is 5.84 Å². The molecular formula is C16H25N3. The molecule has 0 heterocycles. The van der Waals surface area contributed by atoms with Crippen LogP contribution in [0.1, 0.15) is 36.8 Å². The zero-order chi connectivity index (χ0) is 13.8. The number of nitrogens with zero attached hydrogens (tertiary/aromatic N) is 1. The standard InChI is InChI=1S/C16H25N3/c1-12(16(17)18)10-19(2)11-14-8-5-7-13-6-3-4-9-15(13)14/h3-4,6,9,12,14H,5,7-8,10-11H2,1-2H3,(H3,17,18). The van der Waals surface area contributed by atoms with Gasteiger partial charge in [-0.2, -0.15) is 0 Å². The van der Waals surface area contributed by atoms with Gasteiger partial charge in [-0.05, 0) is 43.4 Å². The van der Waals surface area contributed by atoms with Crippen molar-refractivity contribution in [1.82, 2.24) is 4.90 Å². The molecule has 104 valence electrons. The first-order valence-corrected chi connectivity index (χ1v) is 7.18. The second kappa shape index (κ2) is 6.20. The minimum absolute atomic E-state index is 0.142. The topological polar surface area (TPSA) is 53.1 Å². The van der Waals surface area contributed by atoms with Crippen molar-refractivity contribution in [2.24, 2.45) is 11.7 Å². The van der Waals surface area contributed by atoms with Crippen molar-refractivity contribution in [1.29, 1.82) is 5.41 Å². The molecule has 2 atom stereocenters. The highest BCUT2D eigenvalue weighted by molar-refractivity contribution is 5.79. The summed E-state index contributed by atoms with van der Waals surface area (Å²) >= 11 is 0. The molecule has 1 aromatic rings. The van der Waals surface area contributed by atoms with Crippen LogP contribution in [0.15, 0.2) is 24.3 Å². The summed E-state index contributed by atoms with van der Waals surface area (Å²) < 4.78 is 0. The first kappa shape index (κ1) is 14.1.